The zero-order valence-electron chi connectivity index (χ0n) is 11.0. The van der Waals surface area contributed by atoms with E-state index < -0.39 is 0 Å². The van der Waals surface area contributed by atoms with Crippen molar-refractivity contribution < 1.29 is 9.90 Å². The third-order valence-corrected chi connectivity index (χ3v) is 2.71. The number of hydrogen-bond acceptors (Lipinski definition) is 2. The average Bonchev–Trinajstić information content (AvgIpc) is 2.20. The van der Waals surface area contributed by atoms with Gasteiger partial charge < -0.3 is 10.4 Å². The molecule has 2 N–H and O–H groups in total. The van der Waals surface area contributed by atoms with Gasteiger partial charge in [0.15, 0.2) is 0 Å². The van der Waals surface area contributed by atoms with Gasteiger partial charge in [0, 0.05) is 17.7 Å². The maximum Gasteiger partial charge on any atom is 0.251 e. The van der Waals surface area contributed by atoms with Crippen LogP contribution in [0.3, 0.4) is 0 Å². The highest BCUT2D eigenvalue weighted by Gasteiger charge is 2.13. The largest absolute Gasteiger partial charge is 0.508 e. The van der Waals surface area contributed by atoms with E-state index in [1.807, 2.05) is 0 Å². The lowest BCUT2D eigenvalue weighted by atomic mass is 9.92. The summed E-state index contributed by atoms with van der Waals surface area (Å²) in [7, 11) is 0. The summed E-state index contributed by atoms with van der Waals surface area (Å²) in [5.41, 5.74) is 1.38. The molecule has 1 amide bonds. The fourth-order valence-electron chi connectivity index (χ4n) is 1.52. The van der Waals surface area contributed by atoms with E-state index in [1.165, 1.54) is 0 Å². The first-order valence-electron chi connectivity index (χ1n) is 5.88. The molecule has 17 heavy (non-hydrogen) atoms. The van der Waals surface area contributed by atoms with Crippen LogP contribution in [0, 0.1) is 12.3 Å². The van der Waals surface area contributed by atoms with Crippen molar-refractivity contribution in [1.29, 1.82) is 0 Å². The summed E-state index contributed by atoms with van der Waals surface area (Å²) >= 11 is 0. The van der Waals surface area contributed by atoms with E-state index in [0.717, 1.165) is 6.42 Å². The molecule has 94 valence electrons. The van der Waals surface area contributed by atoms with Crippen LogP contribution >= 0.6 is 0 Å². The normalized spacial score (nSPS) is 11.3. The number of rotatable bonds is 3. The van der Waals surface area contributed by atoms with Gasteiger partial charge in [0.05, 0.1) is 0 Å². The minimum absolute atomic E-state index is 0.123. The minimum atomic E-state index is -0.123. The van der Waals surface area contributed by atoms with Crippen molar-refractivity contribution in [3.05, 3.63) is 29.3 Å². The van der Waals surface area contributed by atoms with E-state index in [2.05, 4.69) is 26.1 Å². The molecule has 3 nitrogen and oxygen atoms in total. The Bertz CT molecular complexity index is 405. The van der Waals surface area contributed by atoms with Crippen LogP contribution in [0.4, 0.5) is 0 Å². The Morgan fingerprint density at radius 1 is 1.35 bits per heavy atom. The lowest BCUT2D eigenvalue weighted by Crippen LogP contribution is -2.27. The molecular formula is C14H21NO2. The molecule has 0 aliphatic carbocycles. The molecule has 0 aromatic heterocycles. The summed E-state index contributed by atoms with van der Waals surface area (Å²) in [6.07, 6.45) is 0.927. The molecule has 0 aliphatic heterocycles. The standard InChI is InChI=1S/C14H21NO2/c1-10-11(6-5-7-12(10)16)13(17)15-9-8-14(2,3)4/h5-7,16H,8-9H2,1-4H3,(H,15,17). The van der Waals surface area contributed by atoms with Crippen LogP contribution in [-0.2, 0) is 0 Å². The third-order valence-electron chi connectivity index (χ3n) is 2.71. The van der Waals surface area contributed by atoms with Crippen molar-refractivity contribution in [2.24, 2.45) is 5.41 Å². The monoisotopic (exact) mass is 235 g/mol. The summed E-state index contributed by atoms with van der Waals surface area (Å²) in [5.74, 6) is 0.0381. The number of phenolic OH excluding ortho intramolecular Hbond substituents is 1. The van der Waals surface area contributed by atoms with E-state index in [-0.39, 0.29) is 17.1 Å². The molecule has 1 aromatic carbocycles. The number of aromatic hydroxyl groups is 1. The van der Waals surface area contributed by atoms with Crippen molar-refractivity contribution in [2.75, 3.05) is 6.54 Å². The highest BCUT2D eigenvalue weighted by molar-refractivity contribution is 5.96. The maximum atomic E-state index is 11.9. The van der Waals surface area contributed by atoms with Crippen molar-refractivity contribution in [1.82, 2.24) is 5.32 Å². The molecule has 1 rings (SSSR count). The van der Waals surface area contributed by atoms with E-state index in [9.17, 15) is 9.90 Å². The molecule has 0 fully saturated rings. The molecule has 3 heteroatoms. The third kappa shape index (κ3) is 4.10. The molecule has 0 radical (unpaired) electrons. The van der Waals surface area contributed by atoms with Crippen molar-refractivity contribution in [2.45, 2.75) is 34.1 Å². The number of phenols is 1. The molecule has 0 spiro atoms. The second-order valence-corrected chi connectivity index (χ2v) is 5.52. The van der Waals surface area contributed by atoms with Gasteiger partial charge in [-0.25, -0.2) is 0 Å². The summed E-state index contributed by atoms with van der Waals surface area (Å²) in [6.45, 7) is 8.81. The van der Waals surface area contributed by atoms with Crippen molar-refractivity contribution in [3.8, 4) is 5.75 Å². The number of hydrogen-bond donors (Lipinski definition) is 2. The number of amides is 1. The Kier molecular flexibility index (Phi) is 4.16. The fraction of sp³-hybridized carbons (Fsp3) is 0.500. The molecular weight excluding hydrogens is 214 g/mol. The van der Waals surface area contributed by atoms with Crippen LogP contribution in [0.2, 0.25) is 0 Å². The van der Waals surface area contributed by atoms with E-state index in [0.29, 0.717) is 17.7 Å². The second-order valence-electron chi connectivity index (χ2n) is 5.52. The summed E-state index contributed by atoms with van der Waals surface area (Å²) in [4.78, 5) is 11.9. The zero-order valence-corrected chi connectivity index (χ0v) is 11.0. The predicted octanol–water partition coefficient (Wildman–Crippen LogP) is 2.87. The van der Waals surface area contributed by atoms with Gasteiger partial charge >= 0.3 is 0 Å². The van der Waals surface area contributed by atoms with Crippen LogP contribution in [0.15, 0.2) is 18.2 Å². The number of carbonyl (C=O) groups excluding carboxylic acids is 1. The average molecular weight is 235 g/mol. The van der Waals surface area contributed by atoms with E-state index >= 15 is 0 Å². The van der Waals surface area contributed by atoms with Gasteiger partial charge in [0.2, 0.25) is 0 Å². The summed E-state index contributed by atoms with van der Waals surface area (Å²) in [5, 5.41) is 12.4. The van der Waals surface area contributed by atoms with Gasteiger partial charge in [-0.3, -0.25) is 4.79 Å². The van der Waals surface area contributed by atoms with E-state index in [1.54, 1.807) is 25.1 Å². The van der Waals surface area contributed by atoms with Crippen LogP contribution in [0.1, 0.15) is 43.1 Å². The van der Waals surface area contributed by atoms with Crippen molar-refractivity contribution in [3.63, 3.8) is 0 Å². The molecule has 0 bridgehead atoms. The van der Waals surface area contributed by atoms with Gasteiger partial charge in [-0.15, -0.1) is 0 Å². The Morgan fingerprint density at radius 3 is 2.59 bits per heavy atom. The quantitative estimate of drug-likeness (QED) is 0.846. The van der Waals surface area contributed by atoms with Crippen LogP contribution < -0.4 is 5.32 Å². The number of benzene rings is 1. The van der Waals surface area contributed by atoms with Crippen LogP contribution in [0.25, 0.3) is 0 Å². The predicted molar refractivity (Wildman–Crippen MR) is 69.2 cm³/mol. The molecule has 0 heterocycles. The zero-order chi connectivity index (χ0) is 13.1. The van der Waals surface area contributed by atoms with Gasteiger partial charge in [0.25, 0.3) is 5.91 Å². The maximum absolute atomic E-state index is 11.9. The molecule has 0 saturated heterocycles. The first kappa shape index (κ1) is 13.6. The fourth-order valence-corrected chi connectivity index (χ4v) is 1.52. The van der Waals surface area contributed by atoms with E-state index in [4.69, 9.17) is 0 Å². The van der Waals surface area contributed by atoms with Gasteiger partial charge in [-0.1, -0.05) is 26.8 Å². The van der Waals surface area contributed by atoms with Gasteiger partial charge in [-0.2, -0.15) is 0 Å². The SMILES string of the molecule is Cc1c(O)cccc1C(=O)NCCC(C)(C)C. The van der Waals surface area contributed by atoms with Gasteiger partial charge in [0.1, 0.15) is 5.75 Å². The smallest absolute Gasteiger partial charge is 0.251 e. The molecule has 0 saturated carbocycles. The lowest BCUT2D eigenvalue weighted by Gasteiger charge is -2.18. The molecule has 0 unspecified atom stereocenters. The summed E-state index contributed by atoms with van der Waals surface area (Å²) in [6, 6.07) is 4.99. The Balaban J connectivity index is 2.62. The number of nitrogens with one attached hydrogen (secondary N) is 1. The van der Waals surface area contributed by atoms with Crippen LogP contribution in [0.5, 0.6) is 5.75 Å². The van der Waals surface area contributed by atoms with Crippen molar-refractivity contribution >= 4 is 5.91 Å². The number of carbonyl (C=O) groups is 1. The molecule has 0 aliphatic rings. The highest BCUT2D eigenvalue weighted by Crippen LogP contribution is 2.20. The first-order chi connectivity index (χ1) is 7.81. The minimum Gasteiger partial charge on any atom is -0.508 e. The lowest BCUT2D eigenvalue weighted by molar-refractivity contribution is 0.0948. The topological polar surface area (TPSA) is 49.3 Å². The first-order valence-corrected chi connectivity index (χ1v) is 5.88. The summed E-state index contributed by atoms with van der Waals surface area (Å²) < 4.78 is 0. The Morgan fingerprint density at radius 2 is 2.00 bits per heavy atom. The molecule has 0 atom stereocenters. The second kappa shape index (κ2) is 5.21. The Hall–Kier alpha value is -1.51. The molecule has 1 aromatic rings. The van der Waals surface area contributed by atoms with Gasteiger partial charge in [-0.05, 0) is 30.9 Å². The Labute approximate surface area is 103 Å². The highest BCUT2D eigenvalue weighted by atomic mass is 16.3. The van der Waals surface area contributed by atoms with Crippen LogP contribution in [-0.4, -0.2) is 17.6 Å².